The highest BCUT2D eigenvalue weighted by Gasteiger charge is 2.33. The lowest BCUT2D eigenvalue weighted by Crippen LogP contribution is -2.50. The van der Waals surface area contributed by atoms with Gasteiger partial charge in [-0.3, -0.25) is 9.78 Å². The number of aliphatic hydroxyl groups excluding tert-OH is 1. The molecule has 3 aromatic rings. The van der Waals surface area contributed by atoms with E-state index in [9.17, 15) is 9.90 Å². The van der Waals surface area contributed by atoms with Gasteiger partial charge in [-0.15, -0.1) is 11.3 Å². The number of β-amino-alcohol motifs (C(OH)–C–C–N with tert-alkyl or cyclic N) is 1. The molecule has 1 aliphatic rings. The van der Waals surface area contributed by atoms with Crippen LogP contribution in [0.25, 0.3) is 10.8 Å². The smallest absolute Gasteiger partial charge is 0.265 e. The number of aliphatic hydroxyl groups is 1. The van der Waals surface area contributed by atoms with Crippen LogP contribution in [-0.4, -0.2) is 46.2 Å². The van der Waals surface area contributed by atoms with E-state index < -0.39 is 6.10 Å². The number of carbonyl (C=O) groups excluding carboxylic acids is 1. The summed E-state index contributed by atoms with van der Waals surface area (Å²) in [4.78, 5) is 18.8. The van der Waals surface area contributed by atoms with Gasteiger partial charge >= 0.3 is 0 Å². The summed E-state index contributed by atoms with van der Waals surface area (Å²) in [5.41, 5.74) is 0. The van der Waals surface area contributed by atoms with Crippen LogP contribution >= 0.6 is 22.9 Å². The van der Waals surface area contributed by atoms with Crippen LogP contribution in [0.5, 0.6) is 5.75 Å². The van der Waals surface area contributed by atoms with E-state index in [1.807, 2.05) is 24.3 Å². The number of carbonyl (C=O) groups is 1. The molecule has 0 saturated carbocycles. The number of fused-ring (bicyclic) bond motifs is 1. The van der Waals surface area contributed by atoms with Gasteiger partial charge in [-0.05, 0) is 35.0 Å². The summed E-state index contributed by atoms with van der Waals surface area (Å²) in [6, 6.07) is 9.42. The molecule has 1 saturated heterocycles. The molecule has 1 N–H and O–H groups in total. The zero-order chi connectivity index (χ0) is 18.1. The monoisotopic (exact) mass is 388 g/mol. The Morgan fingerprint density at radius 1 is 1.31 bits per heavy atom. The molecule has 7 heteroatoms. The summed E-state index contributed by atoms with van der Waals surface area (Å²) in [6.45, 7) is 0.747. The third-order valence-corrected chi connectivity index (χ3v) is 5.85. The van der Waals surface area contributed by atoms with Crippen LogP contribution in [0, 0.1) is 0 Å². The summed E-state index contributed by atoms with van der Waals surface area (Å²) >= 11 is 7.36. The second-order valence-electron chi connectivity index (χ2n) is 6.25. The lowest BCUT2D eigenvalue weighted by molar-refractivity contribution is -0.0197. The zero-order valence-electron chi connectivity index (χ0n) is 13.8. The SMILES string of the molecule is O=C(c1sccc1Cl)N1CC[C@@H](Oc2ccc3ccncc3c2)[C@H](O)C1. The standard InChI is InChI=1S/C19H17ClN2O3S/c20-15-5-8-26-18(15)19(24)22-7-4-17(16(23)11-22)25-14-2-1-12-3-6-21-10-13(12)9-14/h1-3,5-6,8-10,16-17,23H,4,7,11H2/t16-,17-/m1/s1. The highest BCUT2D eigenvalue weighted by molar-refractivity contribution is 7.12. The molecule has 0 bridgehead atoms. The molecule has 26 heavy (non-hydrogen) atoms. The predicted octanol–water partition coefficient (Wildman–Crippen LogP) is 3.60. The topological polar surface area (TPSA) is 62.7 Å². The van der Waals surface area contributed by atoms with Crippen molar-refractivity contribution in [3.8, 4) is 5.75 Å². The van der Waals surface area contributed by atoms with Crippen molar-refractivity contribution in [3.63, 3.8) is 0 Å². The molecule has 5 nitrogen and oxygen atoms in total. The number of ether oxygens (including phenoxy) is 1. The van der Waals surface area contributed by atoms with Gasteiger partial charge in [0.25, 0.3) is 5.91 Å². The molecule has 0 radical (unpaired) electrons. The molecule has 1 aromatic carbocycles. The summed E-state index contributed by atoms with van der Waals surface area (Å²) < 4.78 is 5.98. The first kappa shape index (κ1) is 17.3. The number of rotatable bonds is 3. The lowest BCUT2D eigenvalue weighted by Gasteiger charge is -2.35. The van der Waals surface area contributed by atoms with Crippen molar-refractivity contribution in [2.24, 2.45) is 0 Å². The van der Waals surface area contributed by atoms with Gasteiger partial charge < -0.3 is 14.7 Å². The number of pyridine rings is 1. The number of benzene rings is 1. The van der Waals surface area contributed by atoms with Crippen molar-refractivity contribution in [2.45, 2.75) is 18.6 Å². The Kier molecular flexibility index (Phi) is 4.80. The van der Waals surface area contributed by atoms with Gasteiger partial charge in [0.05, 0.1) is 11.6 Å². The number of thiophene rings is 1. The molecule has 2 atom stereocenters. The van der Waals surface area contributed by atoms with Crippen LogP contribution in [0.4, 0.5) is 0 Å². The van der Waals surface area contributed by atoms with Gasteiger partial charge in [0, 0.05) is 30.7 Å². The second-order valence-corrected chi connectivity index (χ2v) is 7.57. The first-order valence-electron chi connectivity index (χ1n) is 8.32. The normalized spacial score (nSPS) is 20.3. The Morgan fingerprint density at radius 3 is 2.96 bits per heavy atom. The highest BCUT2D eigenvalue weighted by atomic mass is 35.5. The fraction of sp³-hybridized carbons (Fsp3) is 0.263. The first-order valence-corrected chi connectivity index (χ1v) is 9.58. The third kappa shape index (κ3) is 3.40. The summed E-state index contributed by atoms with van der Waals surface area (Å²) in [5.74, 6) is 0.551. The summed E-state index contributed by atoms with van der Waals surface area (Å²) in [6.07, 6.45) is 2.98. The lowest BCUT2D eigenvalue weighted by atomic mass is 10.0. The molecular formula is C19H17ClN2O3S. The van der Waals surface area contributed by atoms with Crippen molar-refractivity contribution in [1.82, 2.24) is 9.88 Å². The Bertz CT molecular complexity index is 945. The minimum atomic E-state index is -0.754. The predicted molar refractivity (Wildman–Crippen MR) is 102 cm³/mol. The quantitative estimate of drug-likeness (QED) is 0.744. The molecule has 3 heterocycles. The number of piperidine rings is 1. The van der Waals surface area contributed by atoms with Crippen molar-refractivity contribution in [1.29, 1.82) is 0 Å². The maximum Gasteiger partial charge on any atom is 0.265 e. The Balaban J connectivity index is 1.43. The van der Waals surface area contributed by atoms with E-state index in [4.69, 9.17) is 16.3 Å². The number of hydrogen-bond acceptors (Lipinski definition) is 5. The van der Waals surface area contributed by atoms with Gasteiger partial charge in [0.15, 0.2) is 0 Å². The molecular weight excluding hydrogens is 372 g/mol. The van der Waals surface area contributed by atoms with Crippen molar-refractivity contribution < 1.29 is 14.6 Å². The molecule has 1 amide bonds. The highest BCUT2D eigenvalue weighted by Crippen LogP contribution is 2.27. The van der Waals surface area contributed by atoms with Gasteiger partial charge in [0.2, 0.25) is 0 Å². The molecule has 1 aliphatic heterocycles. The minimum Gasteiger partial charge on any atom is -0.488 e. The fourth-order valence-electron chi connectivity index (χ4n) is 3.13. The number of aromatic nitrogens is 1. The number of nitrogens with zero attached hydrogens (tertiary/aromatic N) is 2. The maximum atomic E-state index is 12.5. The minimum absolute atomic E-state index is 0.140. The van der Waals surface area contributed by atoms with Crippen LogP contribution in [-0.2, 0) is 0 Å². The van der Waals surface area contributed by atoms with Crippen molar-refractivity contribution in [2.75, 3.05) is 13.1 Å². The van der Waals surface area contributed by atoms with Crippen molar-refractivity contribution >= 4 is 39.6 Å². The van der Waals surface area contributed by atoms with E-state index in [1.165, 1.54) is 11.3 Å². The average molecular weight is 389 g/mol. The van der Waals surface area contributed by atoms with Gasteiger partial charge in [-0.2, -0.15) is 0 Å². The summed E-state index contributed by atoms with van der Waals surface area (Å²) in [5, 5.41) is 14.8. The molecule has 1 fully saturated rings. The van der Waals surface area contributed by atoms with Crippen LogP contribution in [0.2, 0.25) is 5.02 Å². The Hall–Kier alpha value is -2.15. The first-order chi connectivity index (χ1) is 12.6. The van der Waals surface area contributed by atoms with E-state index in [0.29, 0.717) is 28.6 Å². The number of hydrogen-bond donors (Lipinski definition) is 1. The third-order valence-electron chi connectivity index (χ3n) is 4.52. The molecule has 2 aromatic heterocycles. The van der Waals surface area contributed by atoms with E-state index in [0.717, 1.165) is 10.8 Å². The van der Waals surface area contributed by atoms with E-state index in [1.54, 1.807) is 28.7 Å². The van der Waals surface area contributed by atoms with Crippen LogP contribution in [0.3, 0.4) is 0 Å². The largest absolute Gasteiger partial charge is 0.488 e. The van der Waals surface area contributed by atoms with Gasteiger partial charge in [-0.1, -0.05) is 17.7 Å². The van der Waals surface area contributed by atoms with E-state index in [2.05, 4.69) is 4.98 Å². The van der Waals surface area contributed by atoms with Crippen molar-refractivity contribution in [3.05, 3.63) is 58.0 Å². The average Bonchev–Trinajstić information content (AvgIpc) is 3.08. The molecule has 4 rings (SSSR count). The second kappa shape index (κ2) is 7.23. The van der Waals surface area contributed by atoms with E-state index >= 15 is 0 Å². The molecule has 0 aliphatic carbocycles. The fourth-order valence-corrected chi connectivity index (χ4v) is 4.24. The molecule has 134 valence electrons. The zero-order valence-corrected chi connectivity index (χ0v) is 15.4. The Morgan fingerprint density at radius 2 is 2.19 bits per heavy atom. The van der Waals surface area contributed by atoms with E-state index in [-0.39, 0.29) is 18.6 Å². The number of amides is 1. The number of halogens is 1. The summed E-state index contributed by atoms with van der Waals surface area (Å²) in [7, 11) is 0. The van der Waals surface area contributed by atoms with Crippen LogP contribution in [0.1, 0.15) is 16.1 Å². The number of likely N-dealkylation sites (tertiary alicyclic amines) is 1. The van der Waals surface area contributed by atoms with Gasteiger partial charge in [-0.25, -0.2) is 0 Å². The van der Waals surface area contributed by atoms with Gasteiger partial charge in [0.1, 0.15) is 22.8 Å². The van der Waals surface area contributed by atoms with Crippen LogP contribution < -0.4 is 4.74 Å². The Labute approximate surface area is 159 Å². The molecule has 0 unspecified atom stereocenters. The maximum absolute atomic E-state index is 12.5. The van der Waals surface area contributed by atoms with Crippen LogP contribution in [0.15, 0.2) is 48.1 Å². The molecule has 0 spiro atoms.